The number of nitrogens with one attached hydrogen (secondary N) is 1. The van der Waals surface area contributed by atoms with Crippen molar-refractivity contribution < 1.29 is 14.7 Å². The molecule has 3 N–H and O–H groups in total. The van der Waals surface area contributed by atoms with Crippen LogP contribution in [0.3, 0.4) is 0 Å². The smallest absolute Gasteiger partial charge is 0.240 e. The van der Waals surface area contributed by atoms with Gasteiger partial charge in [-0.3, -0.25) is 0 Å². The van der Waals surface area contributed by atoms with Gasteiger partial charge in [-0.15, -0.1) is 0 Å². The summed E-state index contributed by atoms with van der Waals surface area (Å²) < 4.78 is 5.02. The molecule has 2 rings (SSSR count). The summed E-state index contributed by atoms with van der Waals surface area (Å²) in [5.74, 6) is 0.480. The summed E-state index contributed by atoms with van der Waals surface area (Å²) >= 11 is 0. The summed E-state index contributed by atoms with van der Waals surface area (Å²) in [5.41, 5.74) is 0.590. The number of hydrogen-bond donors (Lipinski definition) is 3. The average Bonchev–Trinajstić information content (AvgIpc) is 2.79. The van der Waals surface area contributed by atoms with Gasteiger partial charge < -0.3 is 20.1 Å². The Morgan fingerprint density at radius 2 is 2.12 bits per heavy atom. The highest BCUT2D eigenvalue weighted by Gasteiger charge is 2.10. The van der Waals surface area contributed by atoms with Crippen LogP contribution in [0.4, 0.5) is 0 Å². The lowest BCUT2D eigenvalue weighted by atomic mass is 10.2. The third-order valence-electron chi connectivity index (χ3n) is 2.23. The van der Waals surface area contributed by atoms with Crippen molar-refractivity contribution in [3.63, 3.8) is 0 Å². The monoisotopic (exact) mass is 235 g/mol. The first-order chi connectivity index (χ1) is 8.20. The molecule has 6 nitrogen and oxygen atoms in total. The maximum atomic E-state index is 9.36. The normalized spacial score (nSPS) is 10.6. The van der Waals surface area contributed by atoms with E-state index in [4.69, 9.17) is 4.52 Å². The lowest BCUT2D eigenvalue weighted by Crippen LogP contribution is -2.11. The molecule has 0 aliphatic heterocycles. The topological polar surface area (TPSA) is 91.4 Å². The second-order valence-corrected chi connectivity index (χ2v) is 3.50. The Morgan fingerprint density at radius 3 is 2.82 bits per heavy atom. The van der Waals surface area contributed by atoms with Gasteiger partial charge >= 0.3 is 0 Å². The number of phenolic OH excluding ortho intramolecular Hbond substituents is 2. The van der Waals surface area contributed by atoms with Crippen molar-refractivity contribution >= 4 is 0 Å². The highest BCUT2D eigenvalue weighted by atomic mass is 16.5. The molecule has 0 spiro atoms. The molecule has 0 radical (unpaired) electrons. The molecule has 0 fully saturated rings. The van der Waals surface area contributed by atoms with Crippen LogP contribution in [0.1, 0.15) is 12.8 Å². The predicted octanol–water partition coefficient (Wildman–Crippen LogP) is 1.26. The van der Waals surface area contributed by atoms with E-state index in [1.807, 2.05) is 6.92 Å². The average molecular weight is 235 g/mol. The number of aromatic nitrogens is 2. The molecule has 0 unspecified atom stereocenters. The Balaban J connectivity index is 2.21. The maximum absolute atomic E-state index is 9.36. The molecular weight excluding hydrogens is 222 g/mol. The van der Waals surface area contributed by atoms with Crippen molar-refractivity contribution in [1.29, 1.82) is 0 Å². The standard InChI is InChI=1S/C11H13N3O3/c1-2-12-6-10-13-11(14-17-10)7-3-4-8(15)9(16)5-7/h3-5,12,15-16H,2,6H2,1H3. The summed E-state index contributed by atoms with van der Waals surface area (Å²) in [6.45, 7) is 3.31. The van der Waals surface area contributed by atoms with Gasteiger partial charge in [0, 0.05) is 5.56 Å². The summed E-state index contributed by atoms with van der Waals surface area (Å²) in [6.07, 6.45) is 0. The van der Waals surface area contributed by atoms with E-state index in [9.17, 15) is 10.2 Å². The van der Waals surface area contributed by atoms with E-state index < -0.39 is 0 Å². The highest BCUT2D eigenvalue weighted by Crippen LogP contribution is 2.28. The summed E-state index contributed by atoms with van der Waals surface area (Å²) in [4.78, 5) is 4.16. The molecule has 0 aliphatic carbocycles. The zero-order valence-electron chi connectivity index (χ0n) is 9.34. The SMILES string of the molecule is CCNCc1nc(-c2ccc(O)c(O)c2)no1. The largest absolute Gasteiger partial charge is 0.504 e. The molecule has 90 valence electrons. The van der Waals surface area contributed by atoms with E-state index in [0.717, 1.165) is 6.54 Å². The van der Waals surface area contributed by atoms with E-state index in [1.54, 1.807) is 6.07 Å². The summed E-state index contributed by atoms with van der Waals surface area (Å²) in [6, 6.07) is 4.37. The zero-order valence-corrected chi connectivity index (χ0v) is 9.34. The number of nitrogens with zero attached hydrogens (tertiary/aromatic N) is 2. The van der Waals surface area contributed by atoms with Gasteiger partial charge in [-0.2, -0.15) is 4.98 Å². The molecule has 0 saturated heterocycles. The van der Waals surface area contributed by atoms with Gasteiger partial charge in [0.15, 0.2) is 11.5 Å². The Bertz CT molecular complexity index is 510. The van der Waals surface area contributed by atoms with Gasteiger partial charge in [-0.1, -0.05) is 12.1 Å². The lowest BCUT2D eigenvalue weighted by molar-refractivity contribution is 0.369. The van der Waals surface area contributed by atoms with E-state index in [0.29, 0.717) is 23.8 Å². The van der Waals surface area contributed by atoms with Gasteiger partial charge in [0.05, 0.1) is 6.54 Å². The first-order valence-electron chi connectivity index (χ1n) is 5.26. The van der Waals surface area contributed by atoms with E-state index >= 15 is 0 Å². The first-order valence-corrected chi connectivity index (χ1v) is 5.26. The summed E-state index contributed by atoms with van der Waals surface area (Å²) in [7, 11) is 0. The molecule has 0 saturated carbocycles. The molecule has 0 amide bonds. The van der Waals surface area contributed by atoms with Crippen LogP contribution in [-0.4, -0.2) is 26.9 Å². The van der Waals surface area contributed by atoms with Crippen molar-refractivity contribution in [1.82, 2.24) is 15.5 Å². The van der Waals surface area contributed by atoms with Crippen molar-refractivity contribution in [2.75, 3.05) is 6.54 Å². The minimum absolute atomic E-state index is 0.176. The number of rotatable bonds is 4. The Morgan fingerprint density at radius 1 is 1.29 bits per heavy atom. The number of hydrogen-bond acceptors (Lipinski definition) is 6. The molecule has 2 aromatic rings. The van der Waals surface area contributed by atoms with E-state index in [2.05, 4.69) is 15.5 Å². The van der Waals surface area contributed by atoms with E-state index in [-0.39, 0.29) is 11.5 Å². The van der Waals surface area contributed by atoms with Gasteiger partial charge in [-0.05, 0) is 24.7 Å². The van der Waals surface area contributed by atoms with Crippen molar-refractivity contribution in [2.24, 2.45) is 0 Å². The molecule has 17 heavy (non-hydrogen) atoms. The molecule has 0 atom stereocenters. The maximum Gasteiger partial charge on any atom is 0.240 e. The molecular formula is C11H13N3O3. The minimum atomic E-state index is -0.208. The van der Waals surface area contributed by atoms with Crippen LogP contribution in [0, 0.1) is 0 Å². The molecule has 1 aromatic carbocycles. The lowest BCUT2D eigenvalue weighted by Gasteiger charge is -1.98. The third kappa shape index (κ3) is 2.54. The number of phenols is 2. The minimum Gasteiger partial charge on any atom is -0.504 e. The highest BCUT2D eigenvalue weighted by molar-refractivity contribution is 5.59. The Labute approximate surface area is 97.9 Å². The molecule has 6 heteroatoms. The third-order valence-corrected chi connectivity index (χ3v) is 2.23. The summed E-state index contributed by atoms with van der Waals surface area (Å²) in [5, 5.41) is 25.4. The van der Waals surface area contributed by atoms with Crippen LogP contribution in [0.2, 0.25) is 0 Å². The molecule has 0 aliphatic rings. The molecule has 1 heterocycles. The van der Waals surface area contributed by atoms with Gasteiger partial charge in [0.25, 0.3) is 0 Å². The van der Waals surface area contributed by atoms with Crippen LogP contribution >= 0.6 is 0 Å². The second kappa shape index (κ2) is 4.84. The van der Waals surface area contributed by atoms with Gasteiger partial charge in [-0.25, -0.2) is 0 Å². The van der Waals surface area contributed by atoms with Crippen LogP contribution in [0.15, 0.2) is 22.7 Å². The fraction of sp³-hybridized carbons (Fsp3) is 0.273. The van der Waals surface area contributed by atoms with Crippen LogP contribution < -0.4 is 5.32 Å². The van der Waals surface area contributed by atoms with Crippen molar-refractivity contribution in [2.45, 2.75) is 13.5 Å². The molecule has 1 aromatic heterocycles. The van der Waals surface area contributed by atoms with Crippen LogP contribution in [-0.2, 0) is 6.54 Å². The van der Waals surface area contributed by atoms with Gasteiger partial charge in [0.2, 0.25) is 11.7 Å². The van der Waals surface area contributed by atoms with Crippen LogP contribution in [0.5, 0.6) is 11.5 Å². The predicted molar refractivity (Wildman–Crippen MR) is 60.4 cm³/mol. The van der Waals surface area contributed by atoms with Crippen molar-refractivity contribution in [3.05, 3.63) is 24.1 Å². The van der Waals surface area contributed by atoms with Crippen molar-refractivity contribution in [3.8, 4) is 22.9 Å². The first kappa shape index (κ1) is 11.4. The fourth-order valence-electron chi connectivity index (χ4n) is 1.34. The zero-order chi connectivity index (χ0) is 12.3. The fourth-order valence-corrected chi connectivity index (χ4v) is 1.34. The quantitative estimate of drug-likeness (QED) is 0.691. The molecule has 0 bridgehead atoms. The second-order valence-electron chi connectivity index (χ2n) is 3.50. The number of benzene rings is 1. The van der Waals surface area contributed by atoms with E-state index in [1.165, 1.54) is 12.1 Å². The van der Waals surface area contributed by atoms with Crippen LogP contribution in [0.25, 0.3) is 11.4 Å². The van der Waals surface area contributed by atoms with Gasteiger partial charge in [0.1, 0.15) is 0 Å². The Hall–Kier alpha value is -2.08. The Kier molecular flexibility index (Phi) is 3.24. The number of aromatic hydroxyl groups is 2.